The Bertz CT molecular complexity index is 228. The van der Waals surface area contributed by atoms with Crippen LogP contribution in [0.1, 0.15) is 19.8 Å². The fraction of sp³-hybridized carbons (Fsp3) is 1.00. The minimum atomic E-state index is 0.623. The Kier molecular flexibility index (Phi) is 2.49. The molecule has 3 rings (SSSR count). The van der Waals surface area contributed by atoms with Gasteiger partial charge < -0.3 is 15.4 Å². The first-order valence-corrected chi connectivity index (χ1v) is 6.34. The minimum absolute atomic E-state index is 0.623. The third kappa shape index (κ3) is 1.52. The molecule has 3 fully saturated rings. The number of rotatable bonds is 2. The molecule has 0 aromatic carbocycles. The summed E-state index contributed by atoms with van der Waals surface area (Å²) < 4.78 is 5.44. The van der Waals surface area contributed by atoms with E-state index in [1.807, 2.05) is 0 Å². The average molecular weight is 210 g/mol. The number of nitrogens with one attached hydrogen (secondary N) is 2. The van der Waals surface area contributed by atoms with Crippen molar-refractivity contribution in [3.8, 4) is 0 Å². The van der Waals surface area contributed by atoms with Crippen molar-refractivity contribution in [2.45, 2.75) is 25.8 Å². The van der Waals surface area contributed by atoms with Crippen molar-refractivity contribution >= 4 is 0 Å². The highest BCUT2D eigenvalue weighted by molar-refractivity contribution is 5.11. The summed E-state index contributed by atoms with van der Waals surface area (Å²) in [5.41, 5.74) is 0.623. The van der Waals surface area contributed by atoms with Crippen LogP contribution in [0.15, 0.2) is 0 Å². The standard InChI is InChI=1S/C12H22N2O/c1-9(10-2-4-15-5-3-10)11-12(8-14-11)6-13-7-12/h9-11,13-14H,2-8H2,1H3. The van der Waals surface area contributed by atoms with E-state index < -0.39 is 0 Å². The van der Waals surface area contributed by atoms with Gasteiger partial charge in [-0.2, -0.15) is 0 Å². The third-order valence-electron chi connectivity index (χ3n) is 4.82. The van der Waals surface area contributed by atoms with E-state index in [1.54, 1.807) is 0 Å². The monoisotopic (exact) mass is 210 g/mol. The summed E-state index contributed by atoms with van der Waals surface area (Å²) in [6, 6.07) is 0.766. The van der Waals surface area contributed by atoms with E-state index in [2.05, 4.69) is 17.6 Å². The summed E-state index contributed by atoms with van der Waals surface area (Å²) in [5, 5.41) is 7.08. The molecule has 3 aliphatic heterocycles. The molecule has 2 atom stereocenters. The Morgan fingerprint density at radius 2 is 1.93 bits per heavy atom. The molecule has 3 aliphatic rings. The first-order chi connectivity index (χ1) is 7.32. The lowest BCUT2D eigenvalue weighted by atomic mass is 9.61. The molecule has 0 amide bonds. The van der Waals surface area contributed by atoms with Gasteiger partial charge in [-0.05, 0) is 24.7 Å². The molecule has 1 spiro atoms. The lowest BCUT2D eigenvalue weighted by Gasteiger charge is -2.60. The Labute approximate surface area is 91.9 Å². The van der Waals surface area contributed by atoms with Crippen LogP contribution in [0.25, 0.3) is 0 Å². The normalized spacial score (nSPS) is 37.0. The zero-order valence-electron chi connectivity index (χ0n) is 9.59. The van der Waals surface area contributed by atoms with Crippen molar-refractivity contribution in [3.05, 3.63) is 0 Å². The summed E-state index contributed by atoms with van der Waals surface area (Å²) in [5.74, 6) is 1.71. The van der Waals surface area contributed by atoms with Crippen LogP contribution in [-0.2, 0) is 4.74 Å². The van der Waals surface area contributed by atoms with Crippen LogP contribution in [0.5, 0.6) is 0 Å². The Hall–Kier alpha value is -0.120. The maximum absolute atomic E-state index is 5.44. The highest BCUT2D eigenvalue weighted by atomic mass is 16.5. The van der Waals surface area contributed by atoms with Crippen molar-refractivity contribution < 1.29 is 4.74 Å². The fourth-order valence-electron chi connectivity index (χ4n) is 3.56. The van der Waals surface area contributed by atoms with Gasteiger partial charge in [-0.1, -0.05) is 6.92 Å². The van der Waals surface area contributed by atoms with Crippen molar-refractivity contribution in [3.63, 3.8) is 0 Å². The average Bonchev–Trinajstić information content (AvgIpc) is 2.15. The molecule has 0 aromatic rings. The van der Waals surface area contributed by atoms with E-state index in [0.29, 0.717) is 5.41 Å². The number of hydrogen-bond acceptors (Lipinski definition) is 3. The van der Waals surface area contributed by atoms with Crippen molar-refractivity contribution in [2.24, 2.45) is 17.3 Å². The van der Waals surface area contributed by atoms with Crippen LogP contribution in [-0.4, -0.2) is 38.9 Å². The largest absolute Gasteiger partial charge is 0.381 e. The van der Waals surface area contributed by atoms with Gasteiger partial charge in [0.1, 0.15) is 0 Å². The molecule has 0 saturated carbocycles. The predicted molar refractivity (Wildman–Crippen MR) is 59.8 cm³/mol. The van der Waals surface area contributed by atoms with E-state index in [-0.39, 0.29) is 0 Å². The van der Waals surface area contributed by atoms with Crippen molar-refractivity contribution in [2.75, 3.05) is 32.8 Å². The summed E-state index contributed by atoms with van der Waals surface area (Å²) in [4.78, 5) is 0. The summed E-state index contributed by atoms with van der Waals surface area (Å²) in [7, 11) is 0. The smallest absolute Gasteiger partial charge is 0.0468 e. The van der Waals surface area contributed by atoms with Gasteiger partial charge in [-0.25, -0.2) is 0 Å². The molecule has 3 heteroatoms. The Balaban J connectivity index is 1.61. The molecule has 2 N–H and O–H groups in total. The zero-order valence-corrected chi connectivity index (χ0v) is 9.59. The van der Waals surface area contributed by atoms with E-state index in [4.69, 9.17) is 4.74 Å². The summed E-state index contributed by atoms with van der Waals surface area (Å²) >= 11 is 0. The molecular formula is C12H22N2O. The van der Waals surface area contributed by atoms with Crippen LogP contribution >= 0.6 is 0 Å². The van der Waals surface area contributed by atoms with Gasteiger partial charge in [0.2, 0.25) is 0 Å². The van der Waals surface area contributed by atoms with Gasteiger partial charge in [0.05, 0.1) is 0 Å². The van der Waals surface area contributed by atoms with Gasteiger partial charge in [-0.3, -0.25) is 0 Å². The second kappa shape index (κ2) is 3.72. The van der Waals surface area contributed by atoms with Gasteiger partial charge >= 0.3 is 0 Å². The second-order valence-electron chi connectivity index (χ2n) is 5.63. The van der Waals surface area contributed by atoms with Gasteiger partial charge in [0, 0.05) is 44.3 Å². The molecule has 2 unspecified atom stereocenters. The molecule has 0 aromatic heterocycles. The van der Waals surface area contributed by atoms with E-state index in [1.165, 1.54) is 32.5 Å². The molecule has 3 nitrogen and oxygen atoms in total. The molecule has 3 heterocycles. The molecule has 0 aliphatic carbocycles. The molecule has 0 radical (unpaired) electrons. The van der Waals surface area contributed by atoms with Crippen LogP contribution in [0, 0.1) is 17.3 Å². The first kappa shape index (κ1) is 10.1. The van der Waals surface area contributed by atoms with Crippen LogP contribution in [0.3, 0.4) is 0 Å². The molecule has 15 heavy (non-hydrogen) atoms. The second-order valence-corrected chi connectivity index (χ2v) is 5.63. The lowest BCUT2D eigenvalue weighted by Crippen LogP contribution is -2.77. The first-order valence-electron chi connectivity index (χ1n) is 6.34. The van der Waals surface area contributed by atoms with Crippen molar-refractivity contribution in [1.29, 1.82) is 0 Å². The van der Waals surface area contributed by atoms with Gasteiger partial charge in [-0.15, -0.1) is 0 Å². The van der Waals surface area contributed by atoms with E-state index >= 15 is 0 Å². The zero-order chi connectivity index (χ0) is 10.3. The van der Waals surface area contributed by atoms with E-state index in [0.717, 1.165) is 31.1 Å². The Morgan fingerprint density at radius 1 is 1.20 bits per heavy atom. The number of ether oxygens (including phenoxy) is 1. The summed E-state index contributed by atoms with van der Waals surface area (Å²) in [6.45, 7) is 8.10. The highest BCUT2D eigenvalue weighted by Crippen LogP contribution is 2.41. The topological polar surface area (TPSA) is 33.3 Å². The molecule has 0 bridgehead atoms. The molecule has 86 valence electrons. The van der Waals surface area contributed by atoms with Crippen LogP contribution in [0.2, 0.25) is 0 Å². The third-order valence-corrected chi connectivity index (χ3v) is 4.82. The molecule has 3 saturated heterocycles. The maximum atomic E-state index is 5.44. The summed E-state index contributed by atoms with van der Waals surface area (Å²) in [6.07, 6.45) is 2.53. The van der Waals surface area contributed by atoms with Crippen LogP contribution in [0.4, 0.5) is 0 Å². The van der Waals surface area contributed by atoms with E-state index in [9.17, 15) is 0 Å². The molecular weight excluding hydrogens is 188 g/mol. The van der Waals surface area contributed by atoms with Gasteiger partial charge in [0.25, 0.3) is 0 Å². The SMILES string of the molecule is CC(C1CCOCC1)C1NCC12CNC2. The van der Waals surface area contributed by atoms with Crippen molar-refractivity contribution in [1.82, 2.24) is 10.6 Å². The quantitative estimate of drug-likeness (QED) is 0.700. The Morgan fingerprint density at radius 3 is 2.40 bits per heavy atom. The van der Waals surface area contributed by atoms with Gasteiger partial charge in [0.15, 0.2) is 0 Å². The highest BCUT2D eigenvalue weighted by Gasteiger charge is 2.53. The van der Waals surface area contributed by atoms with Crippen LogP contribution < -0.4 is 10.6 Å². The minimum Gasteiger partial charge on any atom is -0.381 e. The number of hydrogen-bond donors (Lipinski definition) is 2. The lowest BCUT2D eigenvalue weighted by molar-refractivity contribution is -0.0409. The predicted octanol–water partition coefficient (Wildman–Crippen LogP) is 0.611. The maximum Gasteiger partial charge on any atom is 0.0468 e. The fourth-order valence-corrected chi connectivity index (χ4v) is 3.56.